The lowest BCUT2D eigenvalue weighted by atomic mass is 10.1. The molecule has 5 heteroatoms. The summed E-state index contributed by atoms with van der Waals surface area (Å²) in [6.45, 7) is 1.34. The van der Waals surface area contributed by atoms with Crippen LogP contribution < -0.4 is 4.74 Å². The van der Waals surface area contributed by atoms with Crippen LogP contribution in [-0.2, 0) is 0 Å². The van der Waals surface area contributed by atoms with Crippen molar-refractivity contribution in [3.05, 3.63) is 48.0 Å². The van der Waals surface area contributed by atoms with Crippen molar-refractivity contribution >= 4 is 5.91 Å². The molecule has 1 aliphatic heterocycles. The first kappa shape index (κ1) is 14.3. The van der Waals surface area contributed by atoms with Crippen LogP contribution in [0, 0.1) is 0 Å². The second-order valence-corrected chi connectivity index (χ2v) is 5.25. The number of amides is 1. The van der Waals surface area contributed by atoms with Gasteiger partial charge >= 0.3 is 0 Å². The molecular formula is C17H17NO4. The number of phenolic OH excluding ortho intramolecular Hbond substituents is 2. The standard InChI is InChI=1S/C17H17NO4/c19-12-10-14(20)16(17(21)18-8-4-5-9-18)15(11-12)22-13-6-2-1-3-7-13/h1-3,6-7,10-11,19-20H,4-5,8-9H2. The molecule has 0 aliphatic carbocycles. The minimum absolute atomic E-state index is 0.0866. The highest BCUT2D eigenvalue weighted by Gasteiger charge is 2.26. The Labute approximate surface area is 128 Å². The van der Waals surface area contributed by atoms with Gasteiger partial charge in [-0.1, -0.05) is 18.2 Å². The molecule has 2 N–H and O–H groups in total. The SMILES string of the molecule is O=C(c1c(O)cc(O)cc1Oc1ccccc1)N1CCCC1. The Balaban J connectivity index is 1.98. The average molecular weight is 299 g/mol. The van der Waals surface area contributed by atoms with Gasteiger partial charge in [-0.15, -0.1) is 0 Å². The molecule has 0 spiro atoms. The van der Waals surface area contributed by atoms with Gasteiger partial charge in [-0.2, -0.15) is 0 Å². The van der Waals surface area contributed by atoms with Crippen molar-refractivity contribution in [2.75, 3.05) is 13.1 Å². The first-order valence-electron chi connectivity index (χ1n) is 7.23. The predicted molar refractivity (Wildman–Crippen MR) is 81.4 cm³/mol. The van der Waals surface area contributed by atoms with Gasteiger partial charge in [-0.3, -0.25) is 4.79 Å². The minimum atomic E-state index is -0.277. The van der Waals surface area contributed by atoms with Gasteiger partial charge in [0, 0.05) is 25.2 Å². The van der Waals surface area contributed by atoms with Gasteiger partial charge in [0.25, 0.3) is 5.91 Å². The van der Waals surface area contributed by atoms with E-state index >= 15 is 0 Å². The summed E-state index contributed by atoms with van der Waals surface area (Å²) in [5.74, 6) is -0.0197. The number of hydrogen-bond acceptors (Lipinski definition) is 4. The molecule has 2 aromatic rings. The first-order chi connectivity index (χ1) is 10.6. The fraction of sp³-hybridized carbons (Fsp3) is 0.235. The monoisotopic (exact) mass is 299 g/mol. The summed E-state index contributed by atoms with van der Waals surface area (Å²) in [6, 6.07) is 11.4. The van der Waals surface area contributed by atoms with Crippen molar-refractivity contribution in [3.63, 3.8) is 0 Å². The van der Waals surface area contributed by atoms with Gasteiger partial charge in [-0.25, -0.2) is 0 Å². The molecule has 22 heavy (non-hydrogen) atoms. The van der Waals surface area contributed by atoms with Crippen LogP contribution in [0.2, 0.25) is 0 Å². The largest absolute Gasteiger partial charge is 0.508 e. The Kier molecular flexibility index (Phi) is 3.87. The van der Waals surface area contributed by atoms with E-state index < -0.39 is 0 Å². The number of aromatic hydroxyl groups is 2. The third-order valence-corrected chi connectivity index (χ3v) is 3.64. The molecule has 0 aromatic heterocycles. The van der Waals surface area contributed by atoms with Gasteiger partial charge in [0.05, 0.1) is 0 Å². The van der Waals surface area contributed by atoms with E-state index in [9.17, 15) is 15.0 Å². The molecule has 1 aliphatic rings. The van der Waals surface area contributed by atoms with E-state index in [-0.39, 0.29) is 28.7 Å². The van der Waals surface area contributed by atoms with E-state index in [4.69, 9.17) is 4.74 Å². The van der Waals surface area contributed by atoms with Crippen LogP contribution >= 0.6 is 0 Å². The molecule has 0 radical (unpaired) electrons. The Morgan fingerprint density at radius 1 is 1.05 bits per heavy atom. The Hall–Kier alpha value is -2.69. The highest BCUT2D eigenvalue weighted by Crippen LogP contribution is 2.36. The molecular weight excluding hydrogens is 282 g/mol. The molecule has 114 valence electrons. The van der Waals surface area contributed by atoms with Crippen LogP contribution in [-0.4, -0.2) is 34.1 Å². The molecule has 3 rings (SSSR count). The quantitative estimate of drug-likeness (QED) is 0.913. The molecule has 0 bridgehead atoms. The molecule has 5 nitrogen and oxygen atoms in total. The number of hydrogen-bond donors (Lipinski definition) is 2. The summed E-state index contributed by atoms with van der Waals surface area (Å²) in [7, 11) is 0. The Morgan fingerprint density at radius 3 is 2.41 bits per heavy atom. The lowest BCUT2D eigenvalue weighted by Crippen LogP contribution is -2.28. The summed E-state index contributed by atoms with van der Waals surface area (Å²) in [5.41, 5.74) is 0.0866. The Bertz CT molecular complexity index is 679. The van der Waals surface area contributed by atoms with Crippen LogP contribution in [0.1, 0.15) is 23.2 Å². The summed E-state index contributed by atoms with van der Waals surface area (Å²) in [6.07, 6.45) is 1.92. The van der Waals surface area contributed by atoms with Gasteiger partial charge in [0.2, 0.25) is 0 Å². The molecule has 2 aromatic carbocycles. The Morgan fingerprint density at radius 2 is 1.73 bits per heavy atom. The number of nitrogens with zero attached hydrogens (tertiary/aromatic N) is 1. The van der Waals surface area contributed by atoms with Crippen LogP contribution in [0.3, 0.4) is 0 Å². The molecule has 1 amide bonds. The van der Waals surface area contributed by atoms with Gasteiger partial charge in [-0.05, 0) is 25.0 Å². The van der Waals surface area contributed by atoms with Crippen molar-refractivity contribution in [2.45, 2.75) is 12.8 Å². The molecule has 1 fully saturated rings. The summed E-state index contributed by atoms with van der Waals surface area (Å²) >= 11 is 0. The zero-order chi connectivity index (χ0) is 15.5. The van der Waals surface area contributed by atoms with E-state index in [1.807, 2.05) is 6.07 Å². The van der Waals surface area contributed by atoms with Crippen LogP contribution in [0.5, 0.6) is 23.0 Å². The van der Waals surface area contributed by atoms with Crippen molar-refractivity contribution < 1.29 is 19.7 Å². The number of likely N-dealkylation sites (tertiary alicyclic amines) is 1. The van der Waals surface area contributed by atoms with Gasteiger partial charge in [0.1, 0.15) is 28.6 Å². The number of carbonyl (C=O) groups is 1. The summed E-state index contributed by atoms with van der Waals surface area (Å²) in [5, 5.41) is 19.8. The second kappa shape index (κ2) is 5.97. The van der Waals surface area contributed by atoms with E-state index in [1.165, 1.54) is 6.07 Å². The zero-order valence-electron chi connectivity index (χ0n) is 12.0. The van der Waals surface area contributed by atoms with Crippen LogP contribution in [0.15, 0.2) is 42.5 Å². The maximum absolute atomic E-state index is 12.6. The van der Waals surface area contributed by atoms with Crippen molar-refractivity contribution in [2.24, 2.45) is 0 Å². The number of para-hydroxylation sites is 1. The lowest BCUT2D eigenvalue weighted by Gasteiger charge is -2.19. The summed E-state index contributed by atoms with van der Waals surface area (Å²) < 4.78 is 5.68. The number of phenols is 2. The number of rotatable bonds is 3. The molecule has 1 heterocycles. The highest BCUT2D eigenvalue weighted by molar-refractivity contribution is 6.00. The van der Waals surface area contributed by atoms with E-state index in [0.717, 1.165) is 18.9 Å². The smallest absolute Gasteiger partial charge is 0.261 e. The topological polar surface area (TPSA) is 70.0 Å². The third-order valence-electron chi connectivity index (χ3n) is 3.64. The molecule has 0 saturated carbocycles. The van der Waals surface area contributed by atoms with Crippen molar-refractivity contribution in [1.82, 2.24) is 4.90 Å². The van der Waals surface area contributed by atoms with E-state index in [0.29, 0.717) is 18.8 Å². The van der Waals surface area contributed by atoms with Crippen molar-refractivity contribution in [1.29, 1.82) is 0 Å². The maximum atomic E-state index is 12.6. The maximum Gasteiger partial charge on any atom is 0.261 e. The number of ether oxygens (including phenoxy) is 1. The second-order valence-electron chi connectivity index (χ2n) is 5.25. The lowest BCUT2D eigenvalue weighted by molar-refractivity contribution is 0.0787. The molecule has 0 atom stereocenters. The third kappa shape index (κ3) is 2.83. The van der Waals surface area contributed by atoms with Crippen LogP contribution in [0.25, 0.3) is 0 Å². The average Bonchev–Trinajstić information content (AvgIpc) is 3.01. The first-order valence-corrected chi connectivity index (χ1v) is 7.23. The molecule has 1 saturated heterocycles. The predicted octanol–water partition coefficient (Wildman–Crippen LogP) is 3.13. The van der Waals surface area contributed by atoms with E-state index in [1.54, 1.807) is 29.2 Å². The number of carbonyl (C=O) groups excluding carboxylic acids is 1. The molecule has 0 unspecified atom stereocenters. The van der Waals surface area contributed by atoms with Crippen LogP contribution in [0.4, 0.5) is 0 Å². The fourth-order valence-corrected chi connectivity index (χ4v) is 2.58. The van der Waals surface area contributed by atoms with Gasteiger partial charge < -0.3 is 19.8 Å². The normalized spacial score (nSPS) is 14.1. The number of benzene rings is 2. The minimum Gasteiger partial charge on any atom is -0.508 e. The highest BCUT2D eigenvalue weighted by atomic mass is 16.5. The summed E-state index contributed by atoms with van der Waals surface area (Å²) in [4.78, 5) is 14.3. The fourth-order valence-electron chi connectivity index (χ4n) is 2.58. The van der Waals surface area contributed by atoms with Gasteiger partial charge in [0.15, 0.2) is 0 Å². The zero-order valence-corrected chi connectivity index (χ0v) is 12.0. The van der Waals surface area contributed by atoms with E-state index in [2.05, 4.69) is 0 Å². The van der Waals surface area contributed by atoms with Crippen molar-refractivity contribution in [3.8, 4) is 23.0 Å².